The standard InChI is InChI=1S/C15H21N3O2S/c1-3-17-15(2,13(16)19)9-6-10-21-14-18-11-7-4-5-8-12(11)20-14/h4-5,7-8,17H,3,6,9-10H2,1-2H3,(H2,16,19). The number of likely N-dealkylation sites (N-methyl/N-ethyl adjacent to an activating group) is 1. The summed E-state index contributed by atoms with van der Waals surface area (Å²) in [7, 11) is 0. The fourth-order valence-corrected chi connectivity index (χ4v) is 2.96. The maximum atomic E-state index is 11.5. The number of hydrogen-bond donors (Lipinski definition) is 2. The number of primary amides is 1. The molecule has 1 amide bonds. The third kappa shape index (κ3) is 3.98. The van der Waals surface area contributed by atoms with Crippen molar-refractivity contribution in [1.82, 2.24) is 10.3 Å². The molecular formula is C15H21N3O2S. The van der Waals surface area contributed by atoms with Crippen LogP contribution in [-0.4, -0.2) is 28.7 Å². The number of rotatable bonds is 8. The van der Waals surface area contributed by atoms with Crippen LogP contribution < -0.4 is 11.1 Å². The maximum absolute atomic E-state index is 11.5. The van der Waals surface area contributed by atoms with Crippen LogP contribution in [0.3, 0.4) is 0 Å². The molecule has 5 nitrogen and oxygen atoms in total. The van der Waals surface area contributed by atoms with E-state index in [1.54, 1.807) is 11.8 Å². The fourth-order valence-electron chi connectivity index (χ4n) is 2.19. The Bertz CT molecular complexity index is 581. The van der Waals surface area contributed by atoms with Crippen molar-refractivity contribution in [1.29, 1.82) is 0 Å². The van der Waals surface area contributed by atoms with Crippen molar-refractivity contribution in [2.45, 2.75) is 37.5 Å². The first-order valence-electron chi connectivity index (χ1n) is 7.08. The lowest BCUT2D eigenvalue weighted by Crippen LogP contribution is -2.53. The summed E-state index contributed by atoms with van der Waals surface area (Å²) in [6.07, 6.45) is 1.55. The third-order valence-electron chi connectivity index (χ3n) is 3.43. The van der Waals surface area contributed by atoms with Gasteiger partial charge in [0.1, 0.15) is 5.52 Å². The average Bonchev–Trinajstić information content (AvgIpc) is 2.86. The predicted octanol–water partition coefficient (Wildman–Crippen LogP) is 2.55. The molecule has 0 aliphatic rings. The smallest absolute Gasteiger partial charge is 0.256 e. The van der Waals surface area contributed by atoms with Gasteiger partial charge in [0.05, 0.1) is 5.54 Å². The van der Waals surface area contributed by atoms with Crippen LogP contribution in [0.1, 0.15) is 26.7 Å². The van der Waals surface area contributed by atoms with Crippen LogP contribution in [0.25, 0.3) is 11.1 Å². The molecule has 21 heavy (non-hydrogen) atoms. The zero-order chi connectivity index (χ0) is 15.3. The first-order chi connectivity index (χ1) is 10.0. The van der Waals surface area contributed by atoms with Gasteiger partial charge in [-0.05, 0) is 38.4 Å². The van der Waals surface area contributed by atoms with Crippen LogP contribution in [-0.2, 0) is 4.79 Å². The van der Waals surface area contributed by atoms with Gasteiger partial charge >= 0.3 is 0 Å². The van der Waals surface area contributed by atoms with E-state index < -0.39 is 5.54 Å². The number of nitrogens with zero attached hydrogens (tertiary/aromatic N) is 1. The number of benzene rings is 1. The molecule has 0 aliphatic carbocycles. The highest BCUT2D eigenvalue weighted by Crippen LogP contribution is 2.24. The normalized spacial score (nSPS) is 14.2. The molecule has 0 spiro atoms. The van der Waals surface area contributed by atoms with E-state index in [-0.39, 0.29) is 5.91 Å². The van der Waals surface area contributed by atoms with Crippen LogP contribution in [0.5, 0.6) is 0 Å². The number of carbonyl (C=O) groups excluding carboxylic acids is 1. The minimum Gasteiger partial charge on any atom is -0.431 e. The molecule has 1 aromatic heterocycles. The number of nitrogens with two attached hydrogens (primary N) is 1. The Morgan fingerprint density at radius 2 is 2.24 bits per heavy atom. The number of aromatic nitrogens is 1. The first-order valence-corrected chi connectivity index (χ1v) is 8.07. The number of para-hydroxylation sites is 2. The van der Waals surface area contributed by atoms with Crippen LogP contribution in [0.15, 0.2) is 33.9 Å². The van der Waals surface area contributed by atoms with E-state index in [4.69, 9.17) is 10.2 Å². The Morgan fingerprint density at radius 3 is 2.90 bits per heavy atom. The van der Waals surface area contributed by atoms with Crippen molar-refractivity contribution in [3.63, 3.8) is 0 Å². The fraction of sp³-hybridized carbons (Fsp3) is 0.467. The summed E-state index contributed by atoms with van der Waals surface area (Å²) in [5.74, 6) is 0.525. The SMILES string of the molecule is CCNC(C)(CCCSc1nc2ccccc2o1)C(N)=O. The van der Waals surface area contributed by atoms with Gasteiger partial charge in [-0.2, -0.15) is 0 Å². The molecule has 0 bridgehead atoms. The summed E-state index contributed by atoms with van der Waals surface area (Å²) < 4.78 is 5.64. The van der Waals surface area contributed by atoms with Gasteiger partial charge in [-0.15, -0.1) is 0 Å². The number of nitrogens with one attached hydrogen (secondary N) is 1. The van der Waals surface area contributed by atoms with Crippen molar-refractivity contribution in [2.24, 2.45) is 5.73 Å². The van der Waals surface area contributed by atoms with Gasteiger partial charge in [-0.3, -0.25) is 4.79 Å². The highest BCUT2D eigenvalue weighted by atomic mass is 32.2. The van der Waals surface area contributed by atoms with Gasteiger partial charge in [0.15, 0.2) is 5.58 Å². The Labute approximate surface area is 128 Å². The molecular weight excluding hydrogens is 286 g/mol. The number of thioether (sulfide) groups is 1. The zero-order valence-corrected chi connectivity index (χ0v) is 13.2. The highest BCUT2D eigenvalue weighted by molar-refractivity contribution is 7.99. The molecule has 0 radical (unpaired) electrons. The van der Waals surface area contributed by atoms with Crippen LogP contribution >= 0.6 is 11.8 Å². The molecule has 1 atom stereocenters. The zero-order valence-electron chi connectivity index (χ0n) is 12.4. The van der Waals surface area contributed by atoms with E-state index in [1.807, 2.05) is 38.1 Å². The van der Waals surface area contributed by atoms with Gasteiger partial charge < -0.3 is 15.5 Å². The van der Waals surface area contributed by atoms with Crippen molar-refractivity contribution < 1.29 is 9.21 Å². The lowest BCUT2D eigenvalue weighted by Gasteiger charge is -2.26. The number of hydrogen-bond acceptors (Lipinski definition) is 5. The number of fused-ring (bicyclic) bond motifs is 1. The summed E-state index contributed by atoms with van der Waals surface area (Å²) in [4.78, 5) is 15.9. The monoisotopic (exact) mass is 307 g/mol. The van der Waals surface area contributed by atoms with Crippen molar-refractivity contribution in [2.75, 3.05) is 12.3 Å². The Morgan fingerprint density at radius 1 is 1.48 bits per heavy atom. The highest BCUT2D eigenvalue weighted by Gasteiger charge is 2.29. The minimum absolute atomic E-state index is 0.309. The molecule has 2 rings (SSSR count). The van der Waals surface area contributed by atoms with Gasteiger partial charge in [-0.1, -0.05) is 30.8 Å². The summed E-state index contributed by atoms with van der Waals surface area (Å²) in [5, 5.41) is 3.82. The number of carbonyl (C=O) groups is 1. The first kappa shape index (κ1) is 15.9. The van der Waals surface area contributed by atoms with E-state index >= 15 is 0 Å². The van der Waals surface area contributed by atoms with E-state index in [2.05, 4.69) is 10.3 Å². The Balaban J connectivity index is 1.85. The largest absolute Gasteiger partial charge is 0.431 e. The lowest BCUT2D eigenvalue weighted by molar-refractivity contribution is -0.124. The molecule has 0 saturated heterocycles. The van der Waals surface area contributed by atoms with Crippen molar-refractivity contribution >= 4 is 28.8 Å². The van der Waals surface area contributed by atoms with Crippen LogP contribution in [0.4, 0.5) is 0 Å². The lowest BCUT2D eigenvalue weighted by atomic mass is 9.95. The molecule has 1 heterocycles. The van der Waals surface area contributed by atoms with E-state index in [9.17, 15) is 4.79 Å². The van der Waals surface area contributed by atoms with Crippen LogP contribution in [0.2, 0.25) is 0 Å². The van der Waals surface area contributed by atoms with Gasteiger partial charge in [0.25, 0.3) is 5.22 Å². The third-order valence-corrected chi connectivity index (χ3v) is 4.35. The van der Waals surface area contributed by atoms with Gasteiger partial charge in [0.2, 0.25) is 5.91 Å². The molecule has 3 N–H and O–H groups in total. The maximum Gasteiger partial charge on any atom is 0.256 e. The van der Waals surface area contributed by atoms with Crippen molar-refractivity contribution in [3.05, 3.63) is 24.3 Å². The minimum atomic E-state index is -0.642. The summed E-state index contributed by atoms with van der Waals surface area (Å²) in [5.41, 5.74) is 6.49. The Kier molecular flexibility index (Phi) is 5.25. The quantitative estimate of drug-likeness (QED) is 0.578. The number of oxazole rings is 1. The Hall–Kier alpha value is -1.53. The molecule has 1 aromatic carbocycles. The second kappa shape index (κ2) is 6.95. The topological polar surface area (TPSA) is 81.2 Å². The number of amides is 1. The molecule has 0 fully saturated rings. The summed E-state index contributed by atoms with van der Waals surface area (Å²) >= 11 is 1.56. The van der Waals surface area contributed by atoms with E-state index in [1.165, 1.54) is 0 Å². The van der Waals surface area contributed by atoms with Gasteiger partial charge in [-0.25, -0.2) is 4.98 Å². The molecule has 114 valence electrons. The predicted molar refractivity (Wildman–Crippen MR) is 85.2 cm³/mol. The summed E-state index contributed by atoms with van der Waals surface area (Å²) in [6.45, 7) is 4.54. The second-order valence-electron chi connectivity index (χ2n) is 5.13. The van der Waals surface area contributed by atoms with Crippen molar-refractivity contribution in [3.8, 4) is 0 Å². The van der Waals surface area contributed by atoms with E-state index in [0.717, 1.165) is 29.8 Å². The molecule has 1 unspecified atom stereocenters. The molecule has 2 aromatic rings. The van der Waals surface area contributed by atoms with E-state index in [0.29, 0.717) is 11.6 Å². The van der Waals surface area contributed by atoms with Gasteiger partial charge in [0, 0.05) is 5.75 Å². The molecule has 6 heteroatoms. The van der Waals surface area contributed by atoms with Crippen LogP contribution in [0, 0.1) is 0 Å². The average molecular weight is 307 g/mol. The molecule has 0 aliphatic heterocycles. The molecule has 0 saturated carbocycles. The summed E-state index contributed by atoms with van der Waals surface area (Å²) in [6, 6.07) is 7.70. The second-order valence-corrected chi connectivity index (χ2v) is 6.17.